The van der Waals surface area contributed by atoms with Crippen LogP contribution in [0.1, 0.15) is 0 Å². The molecule has 0 atom stereocenters. The molecule has 0 saturated heterocycles. The van der Waals surface area contributed by atoms with Crippen molar-refractivity contribution >= 4 is 22.5 Å². The van der Waals surface area contributed by atoms with E-state index in [9.17, 15) is 4.79 Å². The van der Waals surface area contributed by atoms with Gasteiger partial charge in [0.25, 0.3) is 5.56 Å². The largest absolute Gasteiger partial charge is 0.494 e. The van der Waals surface area contributed by atoms with Crippen molar-refractivity contribution in [1.29, 1.82) is 0 Å². The zero-order valence-corrected chi connectivity index (χ0v) is 14.2. The first-order chi connectivity index (χ1) is 12.1. The monoisotopic (exact) mass is 356 g/mol. The predicted octanol–water partition coefficient (Wildman–Crippen LogP) is 2.17. The van der Waals surface area contributed by atoms with E-state index >= 15 is 0 Å². The second-order valence-corrected chi connectivity index (χ2v) is 5.79. The number of hydrogen-bond acceptors (Lipinski definition) is 5. The van der Waals surface area contributed by atoms with Crippen molar-refractivity contribution in [2.75, 3.05) is 7.11 Å². The van der Waals surface area contributed by atoms with Crippen LogP contribution in [-0.4, -0.2) is 36.6 Å². The smallest absolute Gasteiger partial charge is 0.273 e. The molecule has 126 valence electrons. The Balaban J connectivity index is 2.01. The Morgan fingerprint density at radius 2 is 2.12 bits per heavy atom. The van der Waals surface area contributed by atoms with Gasteiger partial charge in [-0.25, -0.2) is 14.6 Å². The molecule has 9 heteroatoms. The normalized spacial score (nSPS) is 11.2. The van der Waals surface area contributed by atoms with E-state index in [1.165, 1.54) is 6.20 Å². The molecule has 1 N–H and O–H groups in total. The molecule has 3 aromatic heterocycles. The quantitative estimate of drug-likeness (QED) is 0.568. The molecular formula is C16H13ClN6O2. The summed E-state index contributed by atoms with van der Waals surface area (Å²) >= 11 is 6.00. The van der Waals surface area contributed by atoms with Crippen LogP contribution in [0.15, 0.2) is 41.6 Å². The molecular weight excluding hydrogens is 344 g/mol. The van der Waals surface area contributed by atoms with Crippen LogP contribution in [-0.2, 0) is 7.05 Å². The standard InChI is InChI=1S/C16H13ClN6O2/c1-22-8-19-15(20-22)9-4-3-5-11(14(9)25-2)23-12-6-13(17)18-7-10(12)16(24)21-23/h3-8H,1-2H3,(H,21,24). The predicted molar refractivity (Wildman–Crippen MR) is 93.2 cm³/mol. The fourth-order valence-corrected chi connectivity index (χ4v) is 2.90. The highest BCUT2D eigenvalue weighted by atomic mass is 35.5. The topological polar surface area (TPSA) is 90.6 Å². The van der Waals surface area contributed by atoms with Crippen LogP contribution in [0.5, 0.6) is 5.75 Å². The van der Waals surface area contributed by atoms with E-state index < -0.39 is 0 Å². The number of benzene rings is 1. The molecule has 3 heterocycles. The molecule has 0 spiro atoms. The summed E-state index contributed by atoms with van der Waals surface area (Å²) in [5.74, 6) is 1.06. The molecule has 4 rings (SSSR count). The van der Waals surface area contributed by atoms with Gasteiger partial charge in [0.15, 0.2) is 11.6 Å². The van der Waals surface area contributed by atoms with E-state index in [2.05, 4.69) is 20.2 Å². The van der Waals surface area contributed by atoms with Gasteiger partial charge >= 0.3 is 0 Å². The number of ether oxygens (including phenoxy) is 1. The summed E-state index contributed by atoms with van der Waals surface area (Å²) in [6, 6.07) is 7.15. The summed E-state index contributed by atoms with van der Waals surface area (Å²) in [6.45, 7) is 0. The minimum atomic E-state index is -0.261. The molecule has 0 saturated carbocycles. The van der Waals surface area contributed by atoms with Crippen LogP contribution < -0.4 is 10.3 Å². The summed E-state index contributed by atoms with van der Waals surface area (Å²) in [7, 11) is 3.35. The minimum Gasteiger partial charge on any atom is -0.494 e. The van der Waals surface area contributed by atoms with Gasteiger partial charge in [0, 0.05) is 19.3 Å². The third-order valence-electron chi connectivity index (χ3n) is 3.83. The number of H-pyrrole nitrogens is 1. The van der Waals surface area contributed by atoms with Crippen LogP contribution in [0.3, 0.4) is 0 Å². The Hall–Kier alpha value is -3.13. The van der Waals surface area contributed by atoms with Gasteiger partial charge < -0.3 is 4.74 Å². The lowest BCUT2D eigenvalue weighted by atomic mass is 10.1. The second-order valence-electron chi connectivity index (χ2n) is 5.40. The first-order valence-corrected chi connectivity index (χ1v) is 7.76. The van der Waals surface area contributed by atoms with E-state index in [0.717, 1.165) is 0 Å². The van der Waals surface area contributed by atoms with E-state index in [1.807, 2.05) is 18.2 Å². The fourth-order valence-electron chi connectivity index (χ4n) is 2.75. The second kappa shape index (κ2) is 5.75. The lowest BCUT2D eigenvalue weighted by molar-refractivity contribution is 0.413. The number of aromatic nitrogens is 6. The average molecular weight is 357 g/mol. The third kappa shape index (κ3) is 2.47. The summed E-state index contributed by atoms with van der Waals surface area (Å²) in [6.07, 6.45) is 3.06. The Morgan fingerprint density at radius 3 is 2.84 bits per heavy atom. The number of methoxy groups -OCH3 is 1. The summed E-state index contributed by atoms with van der Waals surface area (Å²) < 4.78 is 8.83. The van der Waals surface area contributed by atoms with Crippen LogP contribution >= 0.6 is 11.6 Å². The number of hydrogen-bond donors (Lipinski definition) is 1. The minimum absolute atomic E-state index is 0.261. The van der Waals surface area contributed by atoms with Crippen LogP contribution in [0.2, 0.25) is 5.15 Å². The number of nitrogens with zero attached hydrogens (tertiary/aromatic N) is 5. The van der Waals surface area contributed by atoms with Crippen LogP contribution in [0.4, 0.5) is 0 Å². The molecule has 0 unspecified atom stereocenters. The lowest BCUT2D eigenvalue weighted by Crippen LogP contribution is -2.06. The Labute approximate surface area is 146 Å². The van der Waals surface area contributed by atoms with Crippen molar-refractivity contribution < 1.29 is 4.74 Å². The Bertz CT molecular complexity index is 1140. The maximum atomic E-state index is 12.2. The Morgan fingerprint density at radius 1 is 1.28 bits per heavy atom. The van der Waals surface area contributed by atoms with E-state index in [0.29, 0.717) is 38.9 Å². The zero-order chi connectivity index (χ0) is 17.6. The van der Waals surface area contributed by atoms with Crippen LogP contribution in [0.25, 0.3) is 28.0 Å². The third-order valence-corrected chi connectivity index (χ3v) is 4.03. The number of rotatable bonds is 3. The number of halogens is 1. The van der Waals surface area contributed by atoms with Gasteiger partial charge in [-0.15, -0.1) is 0 Å². The fraction of sp³-hybridized carbons (Fsp3) is 0.125. The first-order valence-electron chi connectivity index (χ1n) is 7.38. The van der Waals surface area contributed by atoms with Crippen molar-refractivity contribution in [3.63, 3.8) is 0 Å². The zero-order valence-electron chi connectivity index (χ0n) is 13.4. The lowest BCUT2D eigenvalue weighted by Gasteiger charge is -2.13. The molecule has 0 radical (unpaired) electrons. The van der Waals surface area contributed by atoms with Gasteiger partial charge in [-0.2, -0.15) is 5.10 Å². The number of nitrogens with one attached hydrogen (secondary N) is 1. The summed E-state index contributed by atoms with van der Waals surface area (Å²) in [5.41, 5.74) is 1.70. The van der Waals surface area contributed by atoms with Gasteiger partial charge in [0.2, 0.25) is 0 Å². The summed E-state index contributed by atoms with van der Waals surface area (Å²) in [4.78, 5) is 20.4. The molecule has 8 nitrogen and oxygen atoms in total. The molecule has 0 aliphatic heterocycles. The van der Waals surface area contributed by atoms with Gasteiger partial charge in [0.05, 0.1) is 23.6 Å². The highest BCUT2D eigenvalue weighted by Crippen LogP contribution is 2.34. The van der Waals surface area contributed by atoms with Crippen molar-refractivity contribution in [1.82, 2.24) is 29.5 Å². The van der Waals surface area contributed by atoms with Crippen molar-refractivity contribution in [3.05, 3.63) is 52.3 Å². The molecule has 25 heavy (non-hydrogen) atoms. The molecule has 1 aromatic carbocycles. The van der Waals surface area contributed by atoms with E-state index in [4.69, 9.17) is 16.3 Å². The highest BCUT2D eigenvalue weighted by molar-refractivity contribution is 6.30. The number of fused-ring (bicyclic) bond motifs is 1. The van der Waals surface area contributed by atoms with Crippen molar-refractivity contribution in [2.45, 2.75) is 0 Å². The molecule has 0 amide bonds. The van der Waals surface area contributed by atoms with Crippen molar-refractivity contribution in [2.24, 2.45) is 7.05 Å². The molecule has 0 bridgehead atoms. The van der Waals surface area contributed by atoms with Gasteiger partial charge in [-0.3, -0.25) is 14.6 Å². The van der Waals surface area contributed by atoms with Gasteiger partial charge in [-0.1, -0.05) is 17.7 Å². The molecule has 0 fully saturated rings. The first kappa shape index (κ1) is 15.4. The number of aryl methyl sites for hydroxylation is 1. The van der Waals surface area contributed by atoms with Gasteiger partial charge in [0.1, 0.15) is 17.2 Å². The van der Waals surface area contributed by atoms with E-state index in [1.54, 1.807) is 35.9 Å². The summed E-state index contributed by atoms with van der Waals surface area (Å²) in [5, 5.41) is 7.84. The average Bonchev–Trinajstić information content (AvgIpc) is 3.17. The maximum absolute atomic E-state index is 12.2. The van der Waals surface area contributed by atoms with E-state index in [-0.39, 0.29) is 5.56 Å². The molecule has 4 aromatic rings. The molecule has 0 aliphatic carbocycles. The molecule has 0 aliphatic rings. The van der Waals surface area contributed by atoms with Gasteiger partial charge in [-0.05, 0) is 12.1 Å². The highest BCUT2D eigenvalue weighted by Gasteiger charge is 2.18. The maximum Gasteiger partial charge on any atom is 0.273 e. The van der Waals surface area contributed by atoms with Crippen molar-refractivity contribution in [3.8, 4) is 22.8 Å². The number of aromatic amines is 1. The number of pyridine rings is 1. The Kier molecular flexibility index (Phi) is 3.54. The SMILES string of the molecule is COc1c(-c2ncn(C)n2)cccc1-n1[nH]c(=O)c2cnc(Cl)cc21. The number of para-hydroxylation sites is 1. The van der Waals surface area contributed by atoms with Crippen LogP contribution in [0, 0.1) is 0 Å².